The van der Waals surface area contributed by atoms with Crippen LogP contribution in [0.25, 0.3) is 0 Å². The Bertz CT molecular complexity index is 516. The van der Waals surface area contributed by atoms with Crippen molar-refractivity contribution in [2.75, 3.05) is 21.3 Å². The Labute approximate surface area is 114 Å². The average molecular weight is 260 g/mol. The SMILES string of the molecule is CNC(c1c(C)cc(OC)cc1OC)C1(C#N)CC1. The number of methoxy groups -OCH3 is 2. The molecule has 4 heteroatoms. The third kappa shape index (κ3) is 2.26. The summed E-state index contributed by atoms with van der Waals surface area (Å²) in [5.74, 6) is 1.55. The van der Waals surface area contributed by atoms with Gasteiger partial charge in [0.25, 0.3) is 0 Å². The number of nitrogens with zero attached hydrogens (tertiary/aromatic N) is 1. The fourth-order valence-electron chi connectivity index (χ4n) is 2.69. The number of aryl methyl sites for hydroxylation is 1. The first-order valence-corrected chi connectivity index (χ1v) is 6.43. The van der Waals surface area contributed by atoms with Gasteiger partial charge in [-0.1, -0.05) is 0 Å². The van der Waals surface area contributed by atoms with Gasteiger partial charge in [-0.3, -0.25) is 0 Å². The lowest BCUT2D eigenvalue weighted by Crippen LogP contribution is -2.27. The monoisotopic (exact) mass is 260 g/mol. The molecule has 0 amide bonds. The molecule has 0 saturated heterocycles. The Morgan fingerprint density at radius 1 is 1.32 bits per heavy atom. The lowest BCUT2D eigenvalue weighted by atomic mass is 9.88. The summed E-state index contributed by atoms with van der Waals surface area (Å²) in [5, 5.41) is 12.7. The van der Waals surface area contributed by atoms with Crippen LogP contribution in [-0.2, 0) is 0 Å². The second-order valence-corrected chi connectivity index (χ2v) is 5.05. The van der Waals surface area contributed by atoms with Gasteiger partial charge in [0.05, 0.1) is 31.7 Å². The molecule has 19 heavy (non-hydrogen) atoms. The van der Waals surface area contributed by atoms with E-state index in [1.165, 1.54) is 0 Å². The molecule has 0 bridgehead atoms. The van der Waals surface area contributed by atoms with E-state index in [2.05, 4.69) is 11.4 Å². The minimum atomic E-state index is -0.290. The van der Waals surface area contributed by atoms with Crippen molar-refractivity contribution in [3.05, 3.63) is 23.3 Å². The van der Waals surface area contributed by atoms with Crippen LogP contribution in [0, 0.1) is 23.7 Å². The first kappa shape index (κ1) is 13.7. The number of benzene rings is 1. The van der Waals surface area contributed by atoms with E-state index in [1.54, 1.807) is 14.2 Å². The highest BCUT2D eigenvalue weighted by Gasteiger charge is 2.51. The molecule has 1 unspecified atom stereocenters. The van der Waals surface area contributed by atoms with Gasteiger partial charge in [0.2, 0.25) is 0 Å². The molecule has 1 aromatic carbocycles. The van der Waals surface area contributed by atoms with Crippen molar-refractivity contribution in [2.24, 2.45) is 5.41 Å². The molecule has 1 N–H and O–H groups in total. The van der Waals surface area contributed by atoms with Gasteiger partial charge in [-0.2, -0.15) is 5.26 Å². The maximum Gasteiger partial charge on any atom is 0.127 e. The van der Waals surface area contributed by atoms with Crippen molar-refractivity contribution in [1.29, 1.82) is 5.26 Å². The molecule has 1 atom stereocenters. The van der Waals surface area contributed by atoms with E-state index in [0.717, 1.165) is 35.5 Å². The zero-order chi connectivity index (χ0) is 14.0. The summed E-state index contributed by atoms with van der Waals surface area (Å²) in [5.41, 5.74) is 1.85. The second-order valence-electron chi connectivity index (χ2n) is 5.05. The van der Waals surface area contributed by atoms with Crippen molar-refractivity contribution in [3.8, 4) is 17.6 Å². The van der Waals surface area contributed by atoms with Crippen LogP contribution in [-0.4, -0.2) is 21.3 Å². The van der Waals surface area contributed by atoms with E-state index in [4.69, 9.17) is 9.47 Å². The molecule has 0 aliphatic heterocycles. The molecule has 102 valence electrons. The predicted octanol–water partition coefficient (Wildman–Crippen LogP) is 2.58. The highest BCUT2D eigenvalue weighted by atomic mass is 16.5. The van der Waals surface area contributed by atoms with E-state index >= 15 is 0 Å². The Kier molecular flexibility index (Phi) is 3.68. The van der Waals surface area contributed by atoms with Crippen molar-refractivity contribution >= 4 is 0 Å². The van der Waals surface area contributed by atoms with Gasteiger partial charge in [0, 0.05) is 11.6 Å². The number of ether oxygens (including phenoxy) is 2. The first-order chi connectivity index (χ1) is 9.11. The molecule has 1 aliphatic carbocycles. The molecule has 4 nitrogen and oxygen atoms in total. The van der Waals surface area contributed by atoms with Crippen LogP contribution in [0.2, 0.25) is 0 Å². The maximum absolute atomic E-state index is 9.42. The molecule has 0 radical (unpaired) electrons. The van der Waals surface area contributed by atoms with Gasteiger partial charge in [0.1, 0.15) is 11.5 Å². The summed E-state index contributed by atoms with van der Waals surface area (Å²) in [6, 6.07) is 6.32. The molecule has 1 aliphatic rings. The summed E-state index contributed by atoms with van der Waals surface area (Å²) in [4.78, 5) is 0. The Hall–Kier alpha value is -1.73. The van der Waals surface area contributed by atoms with E-state index in [1.807, 2.05) is 26.1 Å². The molecule has 0 aromatic heterocycles. The third-order valence-electron chi connectivity index (χ3n) is 3.92. The molecule has 0 heterocycles. The molecule has 1 fully saturated rings. The number of rotatable bonds is 5. The zero-order valence-electron chi connectivity index (χ0n) is 11.9. The van der Waals surface area contributed by atoms with Crippen molar-refractivity contribution in [1.82, 2.24) is 5.32 Å². The Balaban J connectivity index is 2.51. The van der Waals surface area contributed by atoms with Crippen LogP contribution in [0.4, 0.5) is 0 Å². The van der Waals surface area contributed by atoms with Gasteiger partial charge in [-0.15, -0.1) is 0 Å². The number of hydrogen-bond acceptors (Lipinski definition) is 4. The summed E-state index contributed by atoms with van der Waals surface area (Å²) >= 11 is 0. The van der Waals surface area contributed by atoms with E-state index < -0.39 is 0 Å². The van der Waals surface area contributed by atoms with Crippen LogP contribution in [0.5, 0.6) is 11.5 Å². The van der Waals surface area contributed by atoms with Crippen LogP contribution in [0.15, 0.2) is 12.1 Å². The topological polar surface area (TPSA) is 54.3 Å². The lowest BCUT2D eigenvalue weighted by Gasteiger charge is -2.25. The van der Waals surface area contributed by atoms with E-state index in [0.29, 0.717) is 0 Å². The highest BCUT2D eigenvalue weighted by molar-refractivity contribution is 5.50. The third-order valence-corrected chi connectivity index (χ3v) is 3.92. The number of hydrogen-bond donors (Lipinski definition) is 1. The normalized spacial score (nSPS) is 17.4. The van der Waals surface area contributed by atoms with Gasteiger partial charge < -0.3 is 14.8 Å². The average Bonchev–Trinajstić information content (AvgIpc) is 3.21. The molecule has 2 rings (SSSR count). The largest absolute Gasteiger partial charge is 0.497 e. The lowest BCUT2D eigenvalue weighted by molar-refractivity contribution is 0.370. The quantitative estimate of drug-likeness (QED) is 0.884. The minimum absolute atomic E-state index is 0.00152. The van der Waals surface area contributed by atoms with Crippen LogP contribution in [0.3, 0.4) is 0 Å². The van der Waals surface area contributed by atoms with Crippen LogP contribution < -0.4 is 14.8 Å². The number of nitrogens with one attached hydrogen (secondary N) is 1. The molecule has 1 aromatic rings. The molecular formula is C15H20N2O2. The molecule has 1 saturated carbocycles. The maximum atomic E-state index is 9.42. The summed E-state index contributed by atoms with van der Waals surface area (Å²) in [6.45, 7) is 2.03. The number of nitriles is 1. The Morgan fingerprint density at radius 2 is 2.00 bits per heavy atom. The molecular weight excluding hydrogens is 240 g/mol. The van der Waals surface area contributed by atoms with E-state index in [-0.39, 0.29) is 11.5 Å². The van der Waals surface area contributed by atoms with Crippen LogP contribution in [0.1, 0.15) is 30.0 Å². The smallest absolute Gasteiger partial charge is 0.127 e. The standard InChI is InChI=1S/C15H20N2O2/c1-10-7-11(18-3)8-12(19-4)13(10)14(17-2)15(9-16)5-6-15/h7-8,14,17H,5-6H2,1-4H3. The predicted molar refractivity (Wildman–Crippen MR) is 73.4 cm³/mol. The van der Waals surface area contributed by atoms with Crippen molar-refractivity contribution < 1.29 is 9.47 Å². The zero-order valence-corrected chi connectivity index (χ0v) is 11.9. The Morgan fingerprint density at radius 3 is 2.42 bits per heavy atom. The summed E-state index contributed by atoms with van der Waals surface area (Å²) in [6.07, 6.45) is 1.87. The van der Waals surface area contributed by atoms with Crippen molar-refractivity contribution in [3.63, 3.8) is 0 Å². The van der Waals surface area contributed by atoms with Gasteiger partial charge >= 0.3 is 0 Å². The fourth-order valence-corrected chi connectivity index (χ4v) is 2.69. The minimum Gasteiger partial charge on any atom is -0.497 e. The fraction of sp³-hybridized carbons (Fsp3) is 0.533. The van der Waals surface area contributed by atoms with Crippen molar-refractivity contribution in [2.45, 2.75) is 25.8 Å². The highest BCUT2D eigenvalue weighted by Crippen LogP contribution is 2.56. The van der Waals surface area contributed by atoms with Gasteiger partial charge in [-0.05, 0) is 38.4 Å². The first-order valence-electron chi connectivity index (χ1n) is 6.43. The second kappa shape index (κ2) is 5.10. The summed E-state index contributed by atoms with van der Waals surface area (Å²) < 4.78 is 10.8. The van der Waals surface area contributed by atoms with Gasteiger partial charge in [0.15, 0.2) is 0 Å². The van der Waals surface area contributed by atoms with Gasteiger partial charge in [-0.25, -0.2) is 0 Å². The summed E-state index contributed by atoms with van der Waals surface area (Å²) in [7, 11) is 5.18. The van der Waals surface area contributed by atoms with E-state index in [9.17, 15) is 5.26 Å². The van der Waals surface area contributed by atoms with Crippen LogP contribution >= 0.6 is 0 Å². The molecule has 0 spiro atoms.